The Hall–Kier alpha value is -1.58. The Labute approximate surface area is 121 Å². The zero-order valence-corrected chi connectivity index (χ0v) is 12.0. The smallest absolute Gasteiger partial charge is 0.210 e. The molecule has 1 aromatic heterocycles. The first kappa shape index (κ1) is 13.8. The number of aromatic nitrogens is 2. The van der Waals surface area contributed by atoms with Crippen LogP contribution in [-0.2, 0) is 0 Å². The van der Waals surface area contributed by atoms with Gasteiger partial charge in [-0.25, -0.2) is 4.98 Å². The van der Waals surface area contributed by atoms with Crippen LogP contribution in [0.15, 0.2) is 36.7 Å². The van der Waals surface area contributed by atoms with Gasteiger partial charge in [0.2, 0.25) is 5.78 Å². The summed E-state index contributed by atoms with van der Waals surface area (Å²) in [7, 11) is 0. The van der Waals surface area contributed by atoms with Crippen molar-refractivity contribution >= 4 is 34.7 Å². The minimum absolute atomic E-state index is 0.162. The average Bonchev–Trinajstić information content (AvgIpc) is 2.76. The molecular weight excluding hydrogens is 283 g/mol. The SMILES string of the molecule is C/C=C(/C(=O)c1ccc(Cl)cc1Cl)n1ccnc1C. The molecule has 0 aliphatic carbocycles. The summed E-state index contributed by atoms with van der Waals surface area (Å²) < 4.78 is 1.73. The molecule has 0 unspecified atom stereocenters. The summed E-state index contributed by atoms with van der Waals surface area (Å²) in [5.74, 6) is 0.580. The number of allylic oxidation sites excluding steroid dienone is 2. The van der Waals surface area contributed by atoms with Crippen LogP contribution in [0.2, 0.25) is 10.0 Å². The second-order valence-corrected chi connectivity index (χ2v) is 4.82. The number of carbonyl (C=O) groups is 1. The molecule has 0 N–H and O–H groups in total. The van der Waals surface area contributed by atoms with Crippen molar-refractivity contribution in [3.63, 3.8) is 0 Å². The zero-order valence-electron chi connectivity index (χ0n) is 10.5. The maximum absolute atomic E-state index is 12.5. The summed E-state index contributed by atoms with van der Waals surface area (Å²) >= 11 is 11.9. The van der Waals surface area contributed by atoms with Crippen LogP contribution in [0.25, 0.3) is 5.70 Å². The number of halogens is 2. The predicted octanol–water partition coefficient (Wildman–Crippen LogP) is 4.24. The number of benzene rings is 1. The average molecular weight is 295 g/mol. The third-order valence-electron chi connectivity index (χ3n) is 2.77. The maximum atomic E-state index is 12.5. The number of Topliss-reactive ketones (excluding diaryl/α,β-unsaturated/α-hetero) is 1. The van der Waals surface area contributed by atoms with E-state index in [0.717, 1.165) is 5.82 Å². The molecule has 1 heterocycles. The van der Waals surface area contributed by atoms with E-state index in [2.05, 4.69) is 4.98 Å². The lowest BCUT2D eigenvalue weighted by Gasteiger charge is -2.10. The van der Waals surface area contributed by atoms with Gasteiger partial charge in [-0.3, -0.25) is 4.79 Å². The van der Waals surface area contributed by atoms with Gasteiger partial charge in [-0.15, -0.1) is 0 Å². The van der Waals surface area contributed by atoms with Gasteiger partial charge in [0.05, 0.1) is 10.7 Å². The van der Waals surface area contributed by atoms with Gasteiger partial charge in [-0.1, -0.05) is 29.3 Å². The van der Waals surface area contributed by atoms with Crippen molar-refractivity contribution in [2.24, 2.45) is 0 Å². The topological polar surface area (TPSA) is 34.9 Å². The lowest BCUT2D eigenvalue weighted by Crippen LogP contribution is -2.10. The summed E-state index contributed by atoms with van der Waals surface area (Å²) in [6, 6.07) is 4.84. The Morgan fingerprint density at radius 3 is 2.63 bits per heavy atom. The predicted molar refractivity (Wildman–Crippen MR) is 77.7 cm³/mol. The fraction of sp³-hybridized carbons (Fsp3) is 0.143. The molecule has 0 saturated carbocycles. The van der Waals surface area contributed by atoms with E-state index in [9.17, 15) is 4.79 Å². The van der Waals surface area contributed by atoms with Crippen LogP contribution in [0, 0.1) is 6.92 Å². The van der Waals surface area contributed by atoms with Crippen LogP contribution in [0.4, 0.5) is 0 Å². The maximum Gasteiger partial charge on any atom is 0.210 e. The number of nitrogens with zero attached hydrogens (tertiary/aromatic N) is 2. The third kappa shape index (κ3) is 2.72. The molecule has 0 amide bonds. The molecule has 98 valence electrons. The fourth-order valence-corrected chi connectivity index (χ4v) is 2.32. The number of aryl methyl sites for hydroxylation is 1. The minimum Gasteiger partial charge on any atom is -0.300 e. The lowest BCUT2D eigenvalue weighted by molar-refractivity contribution is 0.105. The molecule has 2 aromatic rings. The number of hydrogen-bond donors (Lipinski definition) is 0. The second kappa shape index (κ2) is 5.59. The van der Waals surface area contributed by atoms with Crippen LogP contribution in [0.3, 0.4) is 0 Å². The molecule has 0 aliphatic rings. The van der Waals surface area contributed by atoms with Crippen LogP contribution in [-0.4, -0.2) is 15.3 Å². The molecule has 0 spiro atoms. The van der Waals surface area contributed by atoms with E-state index in [1.807, 2.05) is 6.92 Å². The molecule has 3 nitrogen and oxygen atoms in total. The summed E-state index contributed by atoms with van der Waals surface area (Å²) in [5.41, 5.74) is 0.937. The Kier molecular flexibility index (Phi) is 4.08. The summed E-state index contributed by atoms with van der Waals surface area (Å²) in [6.45, 7) is 3.64. The molecule has 19 heavy (non-hydrogen) atoms. The number of hydrogen-bond acceptors (Lipinski definition) is 2. The van der Waals surface area contributed by atoms with Crippen molar-refractivity contribution in [2.45, 2.75) is 13.8 Å². The molecular formula is C14H12Cl2N2O. The van der Waals surface area contributed by atoms with E-state index in [-0.39, 0.29) is 5.78 Å². The highest BCUT2D eigenvalue weighted by Gasteiger charge is 2.17. The Morgan fingerprint density at radius 2 is 2.11 bits per heavy atom. The minimum atomic E-state index is -0.162. The van der Waals surface area contributed by atoms with Crippen LogP contribution in [0.1, 0.15) is 23.1 Å². The largest absolute Gasteiger partial charge is 0.300 e. The van der Waals surface area contributed by atoms with Crippen molar-refractivity contribution < 1.29 is 4.79 Å². The van der Waals surface area contributed by atoms with E-state index in [1.165, 1.54) is 0 Å². The van der Waals surface area contributed by atoms with E-state index in [0.29, 0.717) is 21.3 Å². The van der Waals surface area contributed by atoms with Crippen LogP contribution >= 0.6 is 23.2 Å². The summed E-state index contributed by atoms with van der Waals surface area (Å²) in [5, 5.41) is 0.844. The number of rotatable bonds is 3. The van der Waals surface area contributed by atoms with Crippen LogP contribution < -0.4 is 0 Å². The summed E-state index contributed by atoms with van der Waals surface area (Å²) in [6.07, 6.45) is 5.13. The third-order valence-corrected chi connectivity index (χ3v) is 3.31. The Morgan fingerprint density at radius 1 is 1.37 bits per heavy atom. The highest BCUT2D eigenvalue weighted by Crippen LogP contribution is 2.25. The first-order valence-electron chi connectivity index (χ1n) is 5.71. The van der Waals surface area contributed by atoms with Gasteiger partial charge in [0.1, 0.15) is 5.82 Å². The van der Waals surface area contributed by atoms with E-state index >= 15 is 0 Å². The first-order valence-corrected chi connectivity index (χ1v) is 6.46. The molecule has 2 rings (SSSR count). The van der Waals surface area contributed by atoms with Gasteiger partial charge in [0, 0.05) is 23.0 Å². The van der Waals surface area contributed by atoms with Crippen LogP contribution in [0.5, 0.6) is 0 Å². The molecule has 0 radical (unpaired) electrons. The second-order valence-electron chi connectivity index (χ2n) is 3.97. The van der Waals surface area contributed by atoms with Gasteiger partial charge in [0.25, 0.3) is 0 Å². The molecule has 0 fully saturated rings. The molecule has 0 bridgehead atoms. The number of carbonyl (C=O) groups excluding carboxylic acids is 1. The molecule has 5 heteroatoms. The Bertz CT molecular complexity index is 659. The number of imidazole rings is 1. The lowest BCUT2D eigenvalue weighted by atomic mass is 10.1. The summed E-state index contributed by atoms with van der Waals surface area (Å²) in [4.78, 5) is 16.6. The first-order chi connectivity index (χ1) is 9.04. The van der Waals surface area contributed by atoms with Gasteiger partial charge in [-0.05, 0) is 32.0 Å². The quantitative estimate of drug-likeness (QED) is 0.627. The fourth-order valence-electron chi connectivity index (χ4n) is 1.82. The van der Waals surface area contributed by atoms with E-state index < -0.39 is 0 Å². The zero-order chi connectivity index (χ0) is 14.0. The van der Waals surface area contributed by atoms with Gasteiger partial charge >= 0.3 is 0 Å². The van der Waals surface area contributed by atoms with Gasteiger partial charge in [0.15, 0.2) is 0 Å². The van der Waals surface area contributed by atoms with E-state index in [4.69, 9.17) is 23.2 Å². The molecule has 0 saturated heterocycles. The van der Waals surface area contributed by atoms with Gasteiger partial charge in [-0.2, -0.15) is 0 Å². The normalized spacial score (nSPS) is 11.7. The van der Waals surface area contributed by atoms with Crippen molar-refractivity contribution in [1.29, 1.82) is 0 Å². The van der Waals surface area contributed by atoms with Crippen molar-refractivity contribution in [2.75, 3.05) is 0 Å². The van der Waals surface area contributed by atoms with Crippen molar-refractivity contribution in [3.05, 3.63) is 58.1 Å². The highest BCUT2D eigenvalue weighted by atomic mass is 35.5. The Balaban J connectivity index is 2.46. The van der Waals surface area contributed by atoms with E-state index in [1.54, 1.807) is 48.2 Å². The molecule has 0 aliphatic heterocycles. The standard InChI is InChI=1S/C14H12Cl2N2O/c1-3-13(18-7-6-17-9(18)2)14(19)11-5-4-10(15)8-12(11)16/h3-8H,1-2H3/b13-3-. The van der Waals surface area contributed by atoms with Crippen molar-refractivity contribution in [1.82, 2.24) is 9.55 Å². The highest BCUT2D eigenvalue weighted by molar-refractivity contribution is 6.39. The van der Waals surface area contributed by atoms with Crippen molar-refractivity contribution in [3.8, 4) is 0 Å². The molecule has 1 aromatic carbocycles. The monoisotopic (exact) mass is 294 g/mol. The van der Waals surface area contributed by atoms with Gasteiger partial charge < -0.3 is 4.57 Å². The molecule has 0 atom stereocenters. The number of ketones is 1.